The van der Waals surface area contributed by atoms with Gasteiger partial charge < -0.3 is 15.0 Å². The summed E-state index contributed by atoms with van der Waals surface area (Å²) in [5.41, 5.74) is 1.00. The van der Waals surface area contributed by atoms with Crippen LogP contribution in [0.25, 0.3) is 0 Å². The predicted octanol–water partition coefficient (Wildman–Crippen LogP) is 2.73. The average molecular weight is 345 g/mol. The van der Waals surface area contributed by atoms with E-state index in [-0.39, 0.29) is 5.91 Å². The number of amides is 1. The number of piperidine rings is 1. The van der Waals surface area contributed by atoms with Crippen LogP contribution in [0.4, 0.5) is 5.13 Å². The first-order valence-corrected chi connectivity index (χ1v) is 9.16. The van der Waals surface area contributed by atoms with E-state index in [4.69, 9.17) is 4.74 Å². The molecule has 0 spiro atoms. The summed E-state index contributed by atoms with van der Waals surface area (Å²) < 4.78 is 5.13. The Bertz CT molecular complexity index is 643. The average Bonchev–Trinajstić information content (AvgIpc) is 3.16. The predicted molar refractivity (Wildman–Crippen MR) is 96.8 cm³/mol. The fourth-order valence-corrected chi connectivity index (χ4v) is 3.71. The van der Waals surface area contributed by atoms with Crippen LogP contribution in [0.5, 0.6) is 5.75 Å². The van der Waals surface area contributed by atoms with Crippen LogP contribution in [-0.2, 0) is 11.2 Å². The molecule has 128 valence electrons. The van der Waals surface area contributed by atoms with Crippen molar-refractivity contribution in [3.63, 3.8) is 0 Å². The molecule has 1 aromatic carbocycles. The third-order valence-electron chi connectivity index (χ3n) is 4.32. The van der Waals surface area contributed by atoms with Gasteiger partial charge in [-0.3, -0.25) is 4.79 Å². The Morgan fingerprint density at radius 3 is 2.96 bits per heavy atom. The maximum atomic E-state index is 12.2. The lowest BCUT2D eigenvalue weighted by Gasteiger charge is -2.32. The van der Waals surface area contributed by atoms with E-state index in [1.807, 2.05) is 35.8 Å². The molecular formula is C18H23N3O2S. The topological polar surface area (TPSA) is 54.5 Å². The summed E-state index contributed by atoms with van der Waals surface area (Å²) in [4.78, 5) is 18.9. The number of nitrogens with one attached hydrogen (secondary N) is 1. The number of carbonyl (C=O) groups is 1. The van der Waals surface area contributed by atoms with E-state index < -0.39 is 0 Å². The maximum absolute atomic E-state index is 12.2. The van der Waals surface area contributed by atoms with Gasteiger partial charge >= 0.3 is 0 Å². The van der Waals surface area contributed by atoms with E-state index in [9.17, 15) is 4.79 Å². The van der Waals surface area contributed by atoms with E-state index >= 15 is 0 Å². The molecule has 1 amide bonds. The minimum Gasteiger partial charge on any atom is -0.497 e. The highest BCUT2D eigenvalue weighted by Crippen LogP contribution is 2.24. The van der Waals surface area contributed by atoms with Crippen molar-refractivity contribution in [1.29, 1.82) is 0 Å². The molecule has 2 aromatic rings. The quantitative estimate of drug-likeness (QED) is 0.875. The normalized spacial score (nSPS) is 17.5. The summed E-state index contributed by atoms with van der Waals surface area (Å²) in [6, 6.07) is 7.64. The van der Waals surface area contributed by atoms with Gasteiger partial charge in [0.05, 0.1) is 13.5 Å². The first-order chi connectivity index (χ1) is 11.7. The van der Waals surface area contributed by atoms with Crippen LogP contribution >= 0.6 is 11.3 Å². The number of hydrogen-bond donors (Lipinski definition) is 1. The summed E-state index contributed by atoms with van der Waals surface area (Å²) in [5.74, 6) is 1.37. The molecule has 0 bridgehead atoms. The largest absolute Gasteiger partial charge is 0.497 e. The number of carbonyl (C=O) groups excluding carboxylic acids is 1. The molecule has 1 atom stereocenters. The van der Waals surface area contributed by atoms with Crippen LogP contribution in [0.2, 0.25) is 0 Å². The second-order valence-corrected chi connectivity index (χ2v) is 6.97. The van der Waals surface area contributed by atoms with Crippen molar-refractivity contribution in [1.82, 2.24) is 10.3 Å². The number of methoxy groups -OCH3 is 1. The second kappa shape index (κ2) is 8.15. The van der Waals surface area contributed by atoms with Crippen molar-refractivity contribution in [3.8, 4) is 5.75 Å². The fraction of sp³-hybridized carbons (Fsp3) is 0.444. The van der Waals surface area contributed by atoms with Crippen molar-refractivity contribution in [2.75, 3.05) is 31.6 Å². The lowest BCUT2D eigenvalue weighted by atomic mass is 9.98. The zero-order chi connectivity index (χ0) is 16.8. The number of rotatable bonds is 6. The van der Waals surface area contributed by atoms with Gasteiger partial charge in [0.15, 0.2) is 5.13 Å². The van der Waals surface area contributed by atoms with Gasteiger partial charge in [0, 0.05) is 31.2 Å². The monoisotopic (exact) mass is 345 g/mol. The smallest absolute Gasteiger partial charge is 0.224 e. The number of thiazole rings is 1. The minimum atomic E-state index is 0.0755. The van der Waals surface area contributed by atoms with Gasteiger partial charge in [0.2, 0.25) is 5.91 Å². The number of ether oxygens (including phenoxy) is 1. The first-order valence-electron chi connectivity index (χ1n) is 8.28. The van der Waals surface area contributed by atoms with Crippen molar-refractivity contribution < 1.29 is 9.53 Å². The Balaban J connectivity index is 1.45. The molecule has 0 saturated carbocycles. The van der Waals surface area contributed by atoms with Crippen LogP contribution in [0.1, 0.15) is 18.4 Å². The van der Waals surface area contributed by atoms with Gasteiger partial charge in [-0.25, -0.2) is 4.98 Å². The number of anilines is 1. The van der Waals surface area contributed by atoms with E-state index in [1.165, 1.54) is 0 Å². The molecule has 6 heteroatoms. The fourth-order valence-electron chi connectivity index (χ4n) is 3.03. The molecular weight excluding hydrogens is 322 g/mol. The molecule has 1 aromatic heterocycles. The van der Waals surface area contributed by atoms with Gasteiger partial charge in [0.25, 0.3) is 0 Å². The standard InChI is InChI=1S/C18H23N3O2S/c1-23-16-6-4-14(5-7-16)11-17(22)20-12-15-3-2-9-21(13-15)18-19-8-10-24-18/h4-8,10,15H,2-3,9,11-13H2,1H3,(H,20,22)/t15-/m1/s1. The summed E-state index contributed by atoms with van der Waals surface area (Å²) in [7, 11) is 1.64. The Morgan fingerprint density at radius 1 is 1.42 bits per heavy atom. The summed E-state index contributed by atoms with van der Waals surface area (Å²) >= 11 is 1.68. The van der Waals surface area contributed by atoms with Gasteiger partial charge in [-0.2, -0.15) is 0 Å². The molecule has 2 heterocycles. The molecule has 1 saturated heterocycles. The number of hydrogen-bond acceptors (Lipinski definition) is 5. The zero-order valence-electron chi connectivity index (χ0n) is 13.9. The van der Waals surface area contributed by atoms with Crippen LogP contribution in [0.3, 0.4) is 0 Å². The number of nitrogens with zero attached hydrogens (tertiary/aromatic N) is 2. The summed E-state index contributed by atoms with van der Waals surface area (Å²) in [6.45, 7) is 2.76. The molecule has 1 aliphatic rings. The Morgan fingerprint density at radius 2 is 2.25 bits per heavy atom. The van der Waals surface area contributed by atoms with E-state index in [0.29, 0.717) is 12.3 Å². The van der Waals surface area contributed by atoms with Crippen molar-refractivity contribution in [2.24, 2.45) is 5.92 Å². The highest BCUT2D eigenvalue weighted by atomic mass is 32.1. The third-order valence-corrected chi connectivity index (χ3v) is 5.15. The van der Waals surface area contributed by atoms with Crippen molar-refractivity contribution in [2.45, 2.75) is 19.3 Å². The van der Waals surface area contributed by atoms with Gasteiger partial charge in [-0.15, -0.1) is 11.3 Å². The molecule has 3 rings (SSSR count). The van der Waals surface area contributed by atoms with Crippen molar-refractivity contribution >= 4 is 22.4 Å². The molecule has 24 heavy (non-hydrogen) atoms. The summed E-state index contributed by atoms with van der Waals surface area (Å²) in [6.07, 6.45) is 4.57. The lowest BCUT2D eigenvalue weighted by Crippen LogP contribution is -2.41. The van der Waals surface area contributed by atoms with E-state index in [2.05, 4.69) is 15.2 Å². The highest BCUT2D eigenvalue weighted by molar-refractivity contribution is 7.13. The van der Waals surface area contributed by atoms with E-state index in [1.54, 1.807) is 18.4 Å². The van der Waals surface area contributed by atoms with E-state index in [0.717, 1.165) is 48.9 Å². The SMILES string of the molecule is COc1ccc(CC(=O)NC[C@H]2CCCN(c3nccs3)C2)cc1. The minimum absolute atomic E-state index is 0.0755. The highest BCUT2D eigenvalue weighted by Gasteiger charge is 2.21. The second-order valence-electron chi connectivity index (χ2n) is 6.10. The third kappa shape index (κ3) is 4.47. The molecule has 1 N–H and O–H groups in total. The molecule has 0 aliphatic carbocycles. The Labute approximate surface area is 146 Å². The molecule has 1 aliphatic heterocycles. The zero-order valence-corrected chi connectivity index (χ0v) is 14.7. The van der Waals surface area contributed by atoms with Crippen LogP contribution in [0, 0.1) is 5.92 Å². The number of aromatic nitrogens is 1. The molecule has 0 unspecified atom stereocenters. The Hall–Kier alpha value is -2.08. The van der Waals surface area contributed by atoms with Crippen LogP contribution in [0.15, 0.2) is 35.8 Å². The van der Waals surface area contributed by atoms with Gasteiger partial charge in [0.1, 0.15) is 5.75 Å². The maximum Gasteiger partial charge on any atom is 0.224 e. The van der Waals surface area contributed by atoms with Gasteiger partial charge in [-0.1, -0.05) is 12.1 Å². The van der Waals surface area contributed by atoms with Crippen LogP contribution < -0.4 is 15.0 Å². The summed E-state index contributed by atoms with van der Waals surface area (Å²) in [5, 5.41) is 6.18. The van der Waals surface area contributed by atoms with Crippen molar-refractivity contribution in [3.05, 3.63) is 41.4 Å². The van der Waals surface area contributed by atoms with Gasteiger partial charge in [-0.05, 0) is 36.5 Å². The Kier molecular flexibility index (Phi) is 5.69. The molecule has 1 fully saturated rings. The molecule has 5 nitrogen and oxygen atoms in total. The lowest BCUT2D eigenvalue weighted by molar-refractivity contribution is -0.120. The molecule has 0 radical (unpaired) electrons. The first kappa shape index (κ1) is 16.8. The number of benzene rings is 1. The van der Waals surface area contributed by atoms with Crippen LogP contribution in [-0.4, -0.2) is 37.6 Å².